The Hall–Kier alpha value is -2.18. The van der Waals surface area contributed by atoms with E-state index >= 15 is 0 Å². The molecule has 0 aliphatic heterocycles. The number of hydrogen-bond donors (Lipinski definition) is 2. The fourth-order valence-electron chi connectivity index (χ4n) is 3.83. The van der Waals surface area contributed by atoms with Gasteiger partial charge in [-0.2, -0.15) is 0 Å². The van der Waals surface area contributed by atoms with E-state index in [4.69, 9.17) is 0 Å². The van der Waals surface area contributed by atoms with E-state index in [-0.39, 0.29) is 22.9 Å². The number of benzene rings is 2. The van der Waals surface area contributed by atoms with Gasteiger partial charge in [-0.05, 0) is 56.4 Å². The fraction of sp³-hybridized carbons (Fsp3) is 0.409. The Kier molecular flexibility index (Phi) is 6.52. The topological polar surface area (TPSA) is 75.3 Å². The summed E-state index contributed by atoms with van der Waals surface area (Å²) in [6.07, 6.45) is 4.54. The van der Waals surface area contributed by atoms with Gasteiger partial charge in [-0.25, -0.2) is 13.1 Å². The van der Waals surface area contributed by atoms with E-state index in [1.165, 1.54) is 25.0 Å². The van der Waals surface area contributed by atoms with E-state index in [2.05, 4.69) is 10.0 Å². The molecule has 2 aromatic carbocycles. The number of amides is 1. The number of nitrogens with one attached hydrogen (secondary N) is 2. The number of carbonyl (C=O) groups excluding carboxylic acids is 1. The zero-order valence-corrected chi connectivity index (χ0v) is 17.2. The first kappa shape index (κ1) is 20.6. The average Bonchev–Trinajstić information content (AvgIpc) is 3.20. The average molecular weight is 401 g/mol. The van der Waals surface area contributed by atoms with Crippen LogP contribution >= 0.6 is 0 Å². The molecule has 1 aliphatic carbocycles. The highest BCUT2D eigenvalue weighted by molar-refractivity contribution is 7.89. The maximum absolute atomic E-state index is 13.0. The van der Waals surface area contributed by atoms with E-state index in [1.807, 2.05) is 30.3 Å². The smallest absolute Gasteiger partial charge is 0.251 e. The molecule has 2 N–H and O–H groups in total. The van der Waals surface area contributed by atoms with Gasteiger partial charge in [-0.1, -0.05) is 49.2 Å². The third-order valence-electron chi connectivity index (χ3n) is 5.11. The van der Waals surface area contributed by atoms with Crippen LogP contribution in [0.25, 0.3) is 0 Å². The lowest BCUT2D eigenvalue weighted by Gasteiger charge is -2.25. The van der Waals surface area contributed by atoms with E-state index in [9.17, 15) is 13.2 Å². The SMILES string of the molecule is CC(C)NS(=O)(=O)c1cccc(C(=O)N[C@H](c2ccccc2)C2CCCC2)c1. The Morgan fingerprint density at radius 3 is 2.32 bits per heavy atom. The molecule has 28 heavy (non-hydrogen) atoms. The third kappa shape index (κ3) is 5.00. The predicted molar refractivity (Wildman–Crippen MR) is 111 cm³/mol. The van der Waals surface area contributed by atoms with Gasteiger partial charge in [0.15, 0.2) is 0 Å². The van der Waals surface area contributed by atoms with Gasteiger partial charge < -0.3 is 5.32 Å². The van der Waals surface area contributed by atoms with Gasteiger partial charge in [-0.3, -0.25) is 4.79 Å². The Labute approximate surface area is 167 Å². The maximum Gasteiger partial charge on any atom is 0.251 e. The molecule has 0 heterocycles. The molecule has 0 spiro atoms. The highest BCUT2D eigenvalue weighted by atomic mass is 32.2. The molecule has 0 saturated heterocycles. The minimum atomic E-state index is -3.64. The lowest BCUT2D eigenvalue weighted by Crippen LogP contribution is -2.33. The van der Waals surface area contributed by atoms with Gasteiger partial charge in [0, 0.05) is 11.6 Å². The van der Waals surface area contributed by atoms with Crippen LogP contribution in [0.15, 0.2) is 59.5 Å². The summed E-state index contributed by atoms with van der Waals surface area (Å²) in [7, 11) is -3.64. The summed E-state index contributed by atoms with van der Waals surface area (Å²) >= 11 is 0. The molecule has 1 fully saturated rings. The molecule has 1 aliphatic rings. The number of carbonyl (C=O) groups is 1. The normalized spacial score (nSPS) is 16.2. The van der Waals surface area contributed by atoms with Crippen molar-refractivity contribution in [1.82, 2.24) is 10.0 Å². The monoisotopic (exact) mass is 400 g/mol. The van der Waals surface area contributed by atoms with Crippen molar-refractivity contribution >= 4 is 15.9 Å². The molecule has 0 unspecified atom stereocenters. The molecule has 5 nitrogen and oxygen atoms in total. The molecule has 0 radical (unpaired) electrons. The number of rotatable bonds is 7. The van der Waals surface area contributed by atoms with Gasteiger partial charge in [0.1, 0.15) is 0 Å². The summed E-state index contributed by atoms with van der Waals surface area (Å²) in [5, 5.41) is 3.16. The number of sulfonamides is 1. The van der Waals surface area contributed by atoms with Gasteiger partial charge >= 0.3 is 0 Å². The fourth-order valence-corrected chi connectivity index (χ4v) is 5.13. The number of hydrogen-bond acceptors (Lipinski definition) is 3. The lowest BCUT2D eigenvalue weighted by molar-refractivity contribution is 0.0921. The summed E-state index contributed by atoms with van der Waals surface area (Å²) < 4.78 is 27.4. The van der Waals surface area contributed by atoms with Crippen molar-refractivity contribution in [2.75, 3.05) is 0 Å². The van der Waals surface area contributed by atoms with Crippen molar-refractivity contribution < 1.29 is 13.2 Å². The zero-order valence-electron chi connectivity index (χ0n) is 16.4. The van der Waals surface area contributed by atoms with E-state index in [0.717, 1.165) is 18.4 Å². The van der Waals surface area contributed by atoms with Crippen molar-refractivity contribution in [3.8, 4) is 0 Å². The molecule has 1 amide bonds. The molecule has 150 valence electrons. The highest BCUT2D eigenvalue weighted by Gasteiger charge is 2.28. The second-order valence-corrected chi connectivity index (χ2v) is 9.42. The molecule has 6 heteroatoms. The minimum absolute atomic E-state index is 0.0646. The van der Waals surface area contributed by atoms with Gasteiger partial charge in [0.05, 0.1) is 10.9 Å². The van der Waals surface area contributed by atoms with Gasteiger partial charge in [0.2, 0.25) is 10.0 Å². The van der Waals surface area contributed by atoms with Crippen LogP contribution in [0.5, 0.6) is 0 Å². The molecule has 0 bridgehead atoms. The van der Waals surface area contributed by atoms with Crippen molar-refractivity contribution in [3.05, 3.63) is 65.7 Å². The molecule has 1 saturated carbocycles. The van der Waals surface area contributed by atoms with Crippen molar-refractivity contribution in [1.29, 1.82) is 0 Å². The molecular weight excluding hydrogens is 372 g/mol. The summed E-state index contributed by atoms with van der Waals surface area (Å²) in [6.45, 7) is 3.53. The standard InChI is InChI=1S/C22H28N2O3S/c1-16(2)24-28(26,27)20-14-8-13-19(15-20)22(25)23-21(18-11-6-7-12-18)17-9-4-3-5-10-17/h3-5,8-10,13-16,18,21,24H,6-7,11-12H2,1-2H3,(H,23,25)/t21-/m1/s1. The first-order valence-corrected chi connectivity index (χ1v) is 11.3. The predicted octanol–water partition coefficient (Wildman–Crippen LogP) is 4.03. The van der Waals surface area contributed by atoms with Crippen LogP contribution in [0.2, 0.25) is 0 Å². The van der Waals surface area contributed by atoms with Crippen LogP contribution < -0.4 is 10.0 Å². The van der Waals surface area contributed by atoms with Crippen LogP contribution in [-0.2, 0) is 10.0 Å². The summed E-state index contributed by atoms with van der Waals surface area (Å²) in [5.74, 6) is 0.156. The van der Waals surface area contributed by atoms with E-state index in [0.29, 0.717) is 11.5 Å². The molecule has 1 atom stereocenters. The molecule has 0 aromatic heterocycles. The zero-order chi connectivity index (χ0) is 20.1. The van der Waals surface area contributed by atoms with Crippen LogP contribution in [0.1, 0.15) is 61.5 Å². The van der Waals surface area contributed by atoms with E-state index in [1.54, 1.807) is 26.0 Å². The Bertz CT molecular complexity index is 904. The first-order valence-electron chi connectivity index (χ1n) is 9.85. The van der Waals surface area contributed by atoms with E-state index < -0.39 is 10.0 Å². The van der Waals surface area contributed by atoms with Gasteiger partial charge in [0.25, 0.3) is 5.91 Å². The third-order valence-corrected chi connectivity index (χ3v) is 6.77. The van der Waals surface area contributed by atoms with Gasteiger partial charge in [-0.15, -0.1) is 0 Å². The minimum Gasteiger partial charge on any atom is -0.345 e. The van der Waals surface area contributed by atoms with Crippen LogP contribution in [0.3, 0.4) is 0 Å². The molecule has 2 aromatic rings. The second-order valence-electron chi connectivity index (χ2n) is 7.71. The summed E-state index contributed by atoms with van der Waals surface area (Å²) in [5.41, 5.74) is 1.44. The summed E-state index contributed by atoms with van der Waals surface area (Å²) in [6, 6.07) is 15.9. The Morgan fingerprint density at radius 1 is 1.00 bits per heavy atom. The summed E-state index contributed by atoms with van der Waals surface area (Å²) in [4.78, 5) is 13.1. The quantitative estimate of drug-likeness (QED) is 0.737. The molecular formula is C22H28N2O3S. The van der Waals surface area contributed by atoms with Crippen molar-refractivity contribution in [3.63, 3.8) is 0 Å². The Balaban J connectivity index is 1.83. The molecule has 3 rings (SSSR count). The Morgan fingerprint density at radius 2 is 1.68 bits per heavy atom. The van der Waals surface area contributed by atoms with Crippen molar-refractivity contribution in [2.45, 2.75) is 56.5 Å². The lowest BCUT2D eigenvalue weighted by atomic mass is 9.91. The van der Waals surface area contributed by atoms with Crippen LogP contribution in [0, 0.1) is 5.92 Å². The van der Waals surface area contributed by atoms with Crippen molar-refractivity contribution in [2.24, 2.45) is 5.92 Å². The largest absolute Gasteiger partial charge is 0.345 e. The second kappa shape index (κ2) is 8.88. The van der Waals surface area contributed by atoms with Crippen LogP contribution in [-0.4, -0.2) is 20.4 Å². The highest BCUT2D eigenvalue weighted by Crippen LogP contribution is 2.35. The maximum atomic E-state index is 13.0. The van der Waals surface area contributed by atoms with Crippen LogP contribution in [0.4, 0.5) is 0 Å². The first-order chi connectivity index (χ1) is 13.4.